The van der Waals surface area contributed by atoms with Gasteiger partial charge in [0.25, 0.3) is 0 Å². The summed E-state index contributed by atoms with van der Waals surface area (Å²) in [6, 6.07) is 15.7. The Kier molecular flexibility index (Phi) is 6.19. The molecule has 3 rings (SSSR count). The molecule has 0 bridgehead atoms. The molecule has 2 aromatic carbocycles. The van der Waals surface area contributed by atoms with Crippen LogP contribution in [-0.4, -0.2) is 12.1 Å². The molecule has 0 atom stereocenters. The van der Waals surface area contributed by atoms with Crippen molar-refractivity contribution < 1.29 is 9.15 Å². The van der Waals surface area contributed by atoms with E-state index in [1.807, 2.05) is 36.4 Å². The van der Waals surface area contributed by atoms with E-state index in [0.29, 0.717) is 12.4 Å². The maximum Gasteiger partial charge on any atom is 0.226 e. The van der Waals surface area contributed by atoms with Gasteiger partial charge in [0, 0.05) is 22.7 Å². The number of ether oxygens (including phenoxy) is 1. The van der Waals surface area contributed by atoms with Crippen LogP contribution in [0.5, 0.6) is 5.75 Å². The molecule has 27 heavy (non-hydrogen) atoms. The van der Waals surface area contributed by atoms with E-state index in [-0.39, 0.29) is 5.54 Å². The highest BCUT2D eigenvalue weighted by Crippen LogP contribution is 2.30. The lowest BCUT2D eigenvalue weighted by Crippen LogP contribution is -2.41. The van der Waals surface area contributed by atoms with Crippen molar-refractivity contribution in [3.8, 4) is 17.2 Å². The van der Waals surface area contributed by atoms with E-state index in [9.17, 15) is 0 Å². The Balaban J connectivity index is 1.74. The van der Waals surface area contributed by atoms with E-state index in [2.05, 4.69) is 36.3 Å². The molecule has 3 aromatic rings. The summed E-state index contributed by atoms with van der Waals surface area (Å²) in [6.45, 7) is 5.01. The maximum atomic E-state index is 6.05. The zero-order valence-corrected chi connectivity index (χ0v) is 16.7. The average molecular weight is 385 g/mol. The first-order chi connectivity index (χ1) is 13.1. The first-order valence-corrected chi connectivity index (χ1v) is 9.58. The van der Waals surface area contributed by atoms with Gasteiger partial charge in [-0.3, -0.25) is 0 Å². The molecular formula is C22H25ClN2O2. The molecule has 0 aliphatic rings. The molecule has 0 aliphatic heterocycles. The van der Waals surface area contributed by atoms with Crippen LogP contribution in [0.3, 0.4) is 0 Å². The zero-order valence-electron chi connectivity index (χ0n) is 16.0. The summed E-state index contributed by atoms with van der Waals surface area (Å²) < 4.78 is 10.9. The van der Waals surface area contributed by atoms with E-state index in [1.165, 1.54) is 5.56 Å². The molecule has 0 fully saturated rings. The summed E-state index contributed by atoms with van der Waals surface area (Å²) in [5, 5.41) is 4.43. The monoisotopic (exact) mass is 384 g/mol. The number of nitrogens with one attached hydrogen (secondary N) is 1. The highest BCUT2D eigenvalue weighted by atomic mass is 35.5. The number of benzene rings is 2. The van der Waals surface area contributed by atoms with Crippen molar-refractivity contribution >= 4 is 11.6 Å². The lowest BCUT2D eigenvalue weighted by atomic mass is 9.84. The Labute approximate surface area is 165 Å². The Hall–Kier alpha value is -2.30. The number of hydrogen-bond acceptors (Lipinski definition) is 4. The number of nitrogens with zero attached hydrogens (tertiary/aromatic N) is 1. The maximum absolute atomic E-state index is 6.05. The van der Waals surface area contributed by atoms with Crippen LogP contribution >= 0.6 is 11.6 Å². The number of hydrogen-bond donors (Lipinski definition) is 1. The molecule has 4 nitrogen and oxygen atoms in total. The van der Waals surface area contributed by atoms with Crippen molar-refractivity contribution in [2.45, 2.75) is 38.8 Å². The summed E-state index contributed by atoms with van der Waals surface area (Å²) in [7, 11) is 1.65. The lowest BCUT2D eigenvalue weighted by Gasteiger charge is -2.33. The van der Waals surface area contributed by atoms with Gasteiger partial charge in [-0.05, 0) is 54.8 Å². The van der Waals surface area contributed by atoms with Gasteiger partial charge in [-0.2, -0.15) is 0 Å². The molecule has 142 valence electrons. The summed E-state index contributed by atoms with van der Waals surface area (Å²) in [6.07, 6.45) is 3.65. The van der Waals surface area contributed by atoms with Crippen LogP contribution in [0.2, 0.25) is 5.02 Å². The Bertz CT molecular complexity index is 853. The topological polar surface area (TPSA) is 47.3 Å². The summed E-state index contributed by atoms with van der Waals surface area (Å²) in [5.41, 5.74) is 2.91. The summed E-state index contributed by atoms with van der Waals surface area (Å²) in [5.74, 6) is 1.42. The minimum atomic E-state index is -0.121. The van der Waals surface area contributed by atoms with Crippen molar-refractivity contribution in [3.05, 3.63) is 71.1 Å². The Morgan fingerprint density at radius 1 is 1.04 bits per heavy atom. The largest absolute Gasteiger partial charge is 0.497 e. The molecule has 0 unspecified atom stereocenters. The van der Waals surface area contributed by atoms with Gasteiger partial charge in [0.15, 0.2) is 0 Å². The van der Waals surface area contributed by atoms with Crippen LogP contribution in [0, 0.1) is 0 Å². The molecular weight excluding hydrogens is 360 g/mol. The lowest BCUT2D eigenvalue weighted by molar-refractivity contribution is 0.304. The van der Waals surface area contributed by atoms with Gasteiger partial charge in [0.05, 0.1) is 12.8 Å². The van der Waals surface area contributed by atoms with Crippen LogP contribution in [0.1, 0.15) is 37.9 Å². The highest BCUT2D eigenvalue weighted by Gasteiger charge is 2.28. The second-order valence-electron chi connectivity index (χ2n) is 6.52. The first-order valence-electron chi connectivity index (χ1n) is 9.20. The van der Waals surface area contributed by atoms with Gasteiger partial charge in [-0.25, -0.2) is 4.98 Å². The van der Waals surface area contributed by atoms with Crippen molar-refractivity contribution in [1.29, 1.82) is 0 Å². The molecule has 0 radical (unpaired) electrons. The van der Waals surface area contributed by atoms with E-state index < -0.39 is 0 Å². The van der Waals surface area contributed by atoms with Crippen molar-refractivity contribution in [1.82, 2.24) is 10.3 Å². The van der Waals surface area contributed by atoms with Crippen molar-refractivity contribution in [2.24, 2.45) is 0 Å². The van der Waals surface area contributed by atoms with E-state index in [0.717, 1.165) is 34.9 Å². The number of methoxy groups -OCH3 is 1. The first kappa shape index (κ1) is 19.5. The standard InChI is InChI=1S/C22H25ClN2O2/c1-4-22(5-2,17-8-10-18(23)11-9-17)24-14-19-15-27-21(25-19)16-6-12-20(26-3)13-7-16/h6-13,15,24H,4-5,14H2,1-3H3. The fraction of sp³-hybridized carbons (Fsp3) is 0.318. The van der Waals surface area contributed by atoms with Crippen LogP contribution in [0.25, 0.3) is 11.5 Å². The van der Waals surface area contributed by atoms with Gasteiger partial charge in [-0.1, -0.05) is 37.6 Å². The average Bonchev–Trinajstić information content (AvgIpc) is 3.19. The smallest absolute Gasteiger partial charge is 0.226 e. The third-order valence-electron chi connectivity index (χ3n) is 5.10. The fourth-order valence-electron chi connectivity index (χ4n) is 3.29. The third-order valence-corrected chi connectivity index (χ3v) is 5.35. The molecule has 1 aromatic heterocycles. The van der Waals surface area contributed by atoms with Crippen LogP contribution in [0.4, 0.5) is 0 Å². The van der Waals surface area contributed by atoms with E-state index >= 15 is 0 Å². The number of rotatable bonds is 8. The zero-order chi connectivity index (χ0) is 19.3. The van der Waals surface area contributed by atoms with Crippen LogP contribution in [-0.2, 0) is 12.1 Å². The third kappa shape index (κ3) is 4.34. The Morgan fingerprint density at radius 2 is 1.70 bits per heavy atom. The minimum absolute atomic E-state index is 0.121. The summed E-state index contributed by atoms with van der Waals surface area (Å²) in [4.78, 5) is 4.62. The molecule has 0 saturated heterocycles. The molecule has 1 heterocycles. The van der Waals surface area contributed by atoms with Crippen molar-refractivity contribution in [2.75, 3.05) is 7.11 Å². The molecule has 0 aliphatic carbocycles. The fourth-order valence-corrected chi connectivity index (χ4v) is 3.42. The van der Waals surface area contributed by atoms with Gasteiger partial charge in [-0.15, -0.1) is 0 Å². The second kappa shape index (κ2) is 8.59. The molecule has 0 amide bonds. The normalized spacial score (nSPS) is 11.6. The van der Waals surface area contributed by atoms with E-state index in [4.69, 9.17) is 20.8 Å². The van der Waals surface area contributed by atoms with Crippen molar-refractivity contribution in [3.63, 3.8) is 0 Å². The van der Waals surface area contributed by atoms with E-state index in [1.54, 1.807) is 13.4 Å². The molecule has 0 saturated carbocycles. The van der Waals surface area contributed by atoms with Gasteiger partial charge >= 0.3 is 0 Å². The number of oxazole rings is 1. The van der Waals surface area contributed by atoms with Crippen LogP contribution < -0.4 is 10.1 Å². The SMILES string of the molecule is CCC(CC)(NCc1coc(-c2ccc(OC)cc2)n1)c1ccc(Cl)cc1. The molecule has 0 spiro atoms. The second-order valence-corrected chi connectivity index (χ2v) is 6.96. The quantitative estimate of drug-likeness (QED) is 0.532. The number of halogens is 1. The van der Waals surface area contributed by atoms with Crippen LogP contribution in [0.15, 0.2) is 59.2 Å². The molecule has 5 heteroatoms. The predicted octanol–water partition coefficient (Wildman–Crippen LogP) is 5.81. The highest BCUT2D eigenvalue weighted by molar-refractivity contribution is 6.30. The minimum Gasteiger partial charge on any atom is -0.497 e. The Morgan fingerprint density at radius 3 is 2.30 bits per heavy atom. The van der Waals surface area contributed by atoms with Gasteiger partial charge in [0.1, 0.15) is 12.0 Å². The van der Waals surface area contributed by atoms with Gasteiger partial charge < -0.3 is 14.5 Å². The summed E-state index contributed by atoms with van der Waals surface area (Å²) >= 11 is 6.05. The number of aromatic nitrogens is 1. The molecule has 1 N–H and O–H groups in total. The van der Waals surface area contributed by atoms with Gasteiger partial charge in [0.2, 0.25) is 5.89 Å². The predicted molar refractivity (Wildman–Crippen MR) is 109 cm³/mol.